The molecule has 0 spiro atoms. The van der Waals surface area contributed by atoms with Crippen molar-refractivity contribution in [1.82, 2.24) is 0 Å². The van der Waals surface area contributed by atoms with Gasteiger partial charge in [-0.25, -0.2) is 0 Å². The second kappa shape index (κ2) is 9.06. The summed E-state index contributed by atoms with van der Waals surface area (Å²) in [6, 6.07) is 7.02. The third-order valence-corrected chi connectivity index (χ3v) is 5.98. The van der Waals surface area contributed by atoms with E-state index in [-0.39, 0.29) is 6.04 Å². The van der Waals surface area contributed by atoms with Gasteiger partial charge in [0, 0.05) is 11.1 Å². The molecule has 1 nitrogen and oxygen atoms in total. The number of halogens is 1. The summed E-state index contributed by atoms with van der Waals surface area (Å²) < 4.78 is 0. The van der Waals surface area contributed by atoms with Crippen LogP contribution in [0.5, 0.6) is 0 Å². The van der Waals surface area contributed by atoms with Crippen LogP contribution >= 0.6 is 11.6 Å². The van der Waals surface area contributed by atoms with Crippen LogP contribution in [-0.4, -0.2) is 0 Å². The van der Waals surface area contributed by atoms with Gasteiger partial charge in [0.05, 0.1) is 0 Å². The normalized spacial score (nSPS) is 12.5. The van der Waals surface area contributed by atoms with Crippen molar-refractivity contribution in [3.05, 3.63) is 67.7 Å². The molecule has 0 aliphatic rings. The molecule has 0 radical (unpaired) electrons. The number of hydrogen-bond acceptors (Lipinski definition) is 1. The van der Waals surface area contributed by atoms with Crippen molar-refractivity contribution >= 4 is 11.6 Å². The van der Waals surface area contributed by atoms with Gasteiger partial charge in [-0.1, -0.05) is 57.5 Å². The van der Waals surface area contributed by atoms with E-state index in [9.17, 15) is 0 Å². The van der Waals surface area contributed by atoms with Crippen molar-refractivity contribution in [3.8, 4) is 0 Å². The zero-order valence-corrected chi connectivity index (χ0v) is 18.1. The van der Waals surface area contributed by atoms with E-state index in [1.807, 2.05) is 0 Å². The Kier molecular flexibility index (Phi) is 7.32. The molecule has 2 aromatic rings. The number of hydrogen-bond donors (Lipinski definition) is 1. The second-order valence-electron chi connectivity index (χ2n) is 7.33. The Bertz CT molecular complexity index is 775. The lowest BCUT2D eigenvalue weighted by Crippen LogP contribution is -2.13. The summed E-state index contributed by atoms with van der Waals surface area (Å²) in [7, 11) is 0. The standard InChI is InChI=1S/C24H34ClN/c1-7-18-12-17(11-15(5)21(18)9-3)13-20-14-19(8-2)23(16(6)26)22(10-4)24(20)25/h11-12,14,16H,7-10,13,26H2,1-6H3/t16-/m1/s1. The molecule has 0 heterocycles. The summed E-state index contributed by atoms with van der Waals surface area (Å²) in [5.41, 5.74) is 17.0. The molecule has 0 aliphatic carbocycles. The molecule has 0 amide bonds. The van der Waals surface area contributed by atoms with Gasteiger partial charge in [0.1, 0.15) is 0 Å². The van der Waals surface area contributed by atoms with Crippen molar-refractivity contribution in [3.63, 3.8) is 0 Å². The summed E-state index contributed by atoms with van der Waals surface area (Å²) in [5.74, 6) is 0. The molecule has 0 saturated carbocycles. The Morgan fingerprint density at radius 3 is 1.96 bits per heavy atom. The van der Waals surface area contributed by atoms with Gasteiger partial charge in [0.15, 0.2) is 0 Å². The van der Waals surface area contributed by atoms with E-state index >= 15 is 0 Å². The van der Waals surface area contributed by atoms with E-state index in [0.717, 1.165) is 37.1 Å². The largest absolute Gasteiger partial charge is 0.324 e. The Morgan fingerprint density at radius 2 is 1.46 bits per heavy atom. The predicted octanol–water partition coefficient (Wildman–Crippen LogP) is 6.51. The minimum Gasteiger partial charge on any atom is -0.324 e. The van der Waals surface area contributed by atoms with E-state index in [1.165, 1.54) is 44.5 Å². The fraction of sp³-hybridized carbons (Fsp3) is 0.500. The van der Waals surface area contributed by atoms with Crippen molar-refractivity contribution in [1.29, 1.82) is 0 Å². The molecule has 1 atom stereocenters. The first-order valence-electron chi connectivity index (χ1n) is 10.1. The molecular formula is C24H34ClN. The highest BCUT2D eigenvalue weighted by atomic mass is 35.5. The van der Waals surface area contributed by atoms with Gasteiger partial charge in [0.2, 0.25) is 0 Å². The van der Waals surface area contributed by atoms with Gasteiger partial charge in [-0.2, -0.15) is 0 Å². The minimum absolute atomic E-state index is 0.0178. The van der Waals surface area contributed by atoms with Crippen LogP contribution in [0.3, 0.4) is 0 Å². The number of rotatable bonds is 7. The van der Waals surface area contributed by atoms with Crippen LogP contribution in [0.1, 0.15) is 85.2 Å². The summed E-state index contributed by atoms with van der Waals surface area (Å²) in [6.45, 7) is 13.2. The van der Waals surface area contributed by atoms with Gasteiger partial charge in [-0.05, 0) is 90.5 Å². The van der Waals surface area contributed by atoms with Crippen molar-refractivity contribution in [2.24, 2.45) is 5.73 Å². The first-order chi connectivity index (χ1) is 12.4. The number of benzene rings is 2. The highest BCUT2D eigenvalue weighted by molar-refractivity contribution is 6.32. The van der Waals surface area contributed by atoms with Gasteiger partial charge in [0.25, 0.3) is 0 Å². The lowest BCUT2D eigenvalue weighted by molar-refractivity contribution is 0.782. The highest BCUT2D eigenvalue weighted by Gasteiger charge is 2.18. The van der Waals surface area contributed by atoms with E-state index in [2.05, 4.69) is 59.7 Å². The molecule has 26 heavy (non-hydrogen) atoms. The lowest BCUT2D eigenvalue weighted by Gasteiger charge is -2.21. The van der Waals surface area contributed by atoms with Crippen LogP contribution in [0, 0.1) is 6.92 Å². The molecule has 0 aliphatic heterocycles. The maximum absolute atomic E-state index is 6.85. The van der Waals surface area contributed by atoms with E-state index in [4.69, 9.17) is 17.3 Å². The maximum atomic E-state index is 6.85. The molecular weight excluding hydrogens is 338 g/mol. The molecule has 2 aromatic carbocycles. The Hall–Kier alpha value is -1.31. The minimum atomic E-state index is 0.0178. The molecule has 0 aromatic heterocycles. The van der Waals surface area contributed by atoms with E-state index in [0.29, 0.717) is 0 Å². The monoisotopic (exact) mass is 371 g/mol. The molecule has 0 fully saturated rings. The lowest BCUT2D eigenvalue weighted by atomic mass is 9.87. The van der Waals surface area contributed by atoms with Gasteiger partial charge >= 0.3 is 0 Å². The van der Waals surface area contributed by atoms with E-state index in [1.54, 1.807) is 0 Å². The van der Waals surface area contributed by atoms with E-state index < -0.39 is 0 Å². The van der Waals surface area contributed by atoms with Crippen molar-refractivity contribution in [2.75, 3.05) is 0 Å². The van der Waals surface area contributed by atoms with Crippen molar-refractivity contribution in [2.45, 2.75) is 79.7 Å². The quantitative estimate of drug-likeness (QED) is 0.589. The van der Waals surface area contributed by atoms with Gasteiger partial charge < -0.3 is 5.73 Å². The van der Waals surface area contributed by atoms with Crippen LogP contribution in [0.4, 0.5) is 0 Å². The SMILES string of the molecule is CCc1cc(Cc2cc(CC)c([C@@H](C)N)c(CC)c2Cl)cc(C)c1CC. The first-order valence-corrected chi connectivity index (χ1v) is 10.4. The summed E-state index contributed by atoms with van der Waals surface area (Å²) in [6.07, 6.45) is 4.97. The average molecular weight is 372 g/mol. The molecule has 0 bridgehead atoms. The third-order valence-electron chi connectivity index (χ3n) is 5.51. The Labute approximate surface area is 165 Å². The highest BCUT2D eigenvalue weighted by Crippen LogP contribution is 2.34. The second-order valence-corrected chi connectivity index (χ2v) is 7.71. The number of aryl methyl sites for hydroxylation is 3. The molecule has 0 saturated heterocycles. The Morgan fingerprint density at radius 1 is 0.846 bits per heavy atom. The van der Waals surface area contributed by atoms with Crippen LogP contribution < -0.4 is 5.73 Å². The average Bonchev–Trinajstić information content (AvgIpc) is 2.61. The smallest absolute Gasteiger partial charge is 0.0476 e. The zero-order valence-electron chi connectivity index (χ0n) is 17.3. The zero-order chi connectivity index (χ0) is 19.4. The van der Waals surface area contributed by atoms with Crippen LogP contribution in [0.2, 0.25) is 5.02 Å². The summed E-state index contributed by atoms with van der Waals surface area (Å²) >= 11 is 6.85. The topological polar surface area (TPSA) is 26.0 Å². The first kappa shape index (κ1) is 21.0. The maximum Gasteiger partial charge on any atom is 0.0476 e. The van der Waals surface area contributed by atoms with Crippen molar-refractivity contribution < 1.29 is 0 Å². The predicted molar refractivity (Wildman–Crippen MR) is 116 cm³/mol. The summed E-state index contributed by atoms with van der Waals surface area (Å²) in [4.78, 5) is 0. The molecule has 2 N–H and O–H groups in total. The third kappa shape index (κ3) is 4.15. The van der Waals surface area contributed by atoms with Crippen LogP contribution in [0.25, 0.3) is 0 Å². The summed E-state index contributed by atoms with van der Waals surface area (Å²) in [5, 5.41) is 0.910. The molecule has 2 heteroatoms. The fourth-order valence-corrected chi connectivity index (χ4v) is 4.66. The molecule has 142 valence electrons. The molecule has 2 rings (SSSR count). The fourth-order valence-electron chi connectivity index (χ4n) is 4.31. The Balaban J connectivity index is 2.55. The van der Waals surface area contributed by atoms with Gasteiger partial charge in [-0.3, -0.25) is 0 Å². The molecule has 0 unspecified atom stereocenters. The number of nitrogens with two attached hydrogens (primary N) is 1. The van der Waals surface area contributed by atoms with Crippen LogP contribution in [0.15, 0.2) is 18.2 Å². The van der Waals surface area contributed by atoms with Crippen LogP contribution in [-0.2, 0) is 32.1 Å². The van der Waals surface area contributed by atoms with Gasteiger partial charge in [-0.15, -0.1) is 0 Å².